The maximum Gasteiger partial charge on any atom is 0.272 e. The Morgan fingerprint density at radius 1 is 1.23 bits per heavy atom. The Hall–Kier alpha value is -3.35. The standard InChI is InChI=1S/C19H17N3O4/c1-19(2)18(24)22(17-14(26-19)7-8-16(20)21-17)10-12(23)15-9-11-5-3-4-6-13(11)25-15/h3-9H,10H2,1-2H3,(H2,20,21). The number of furan rings is 1. The van der Waals surface area contributed by atoms with Crippen LogP contribution in [0.25, 0.3) is 11.0 Å². The molecule has 2 aromatic heterocycles. The number of ether oxygens (including phenoxy) is 1. The molecule has 7 nitrogen and oxygen atoms in total. The third-order valence-electron chi connectivity index (χ3n) is 4.24. The van der Waals surface area contributed by atoms with Crippen LogP contribution in [0.2, 0.25) is 0 Å². The molecule has 1 amide bonds. The van der Waals surface area contributed by atoms with Gasteiger partial charge in [0, 0.05) is 5.39 Å². The largest absolute Gasteiger partial charge is 0.474 e. The lowest BCUT2D eigenvalue weighted by atomic mass is 10.0. The first-order valence-electron chi connectivity index (χ1n) is 8.14. The van der Waals surface area contributed by atoms with Gasteiger partial charge in [0.2, 0.25) is 5.78 Å². The van der Waals surface area contributed by atoms with Gasteiger partial charge in [0.1, 0.15) is 11.4 Å². The van der Waals surface area contributed by atoms with Gasteiger partial charge in [-0.25, -0.2) is 4.98 Å². The van der Waals surface area contributed by atoms with Crippen LogP contribution in [-0.2, 0) is 4.79 Å². The van der Waals surface area contributed by atoms with Crippen molar-refractivity contribution >= 4 is 34.3 Å². The molecule has 0 saturated carbocycles. The minimum Gasteiger partial charge on any atom is -0.474 e. The Balaban J connectivity index is 1.71. The minimum absolute atomic E-state index is 0.189. The van der Waals surface area contributed by atoms with Crippen molar-refractivity contribution in [3.63, 3.8) is 0 Å². The SMILES string of the molecule is CC1(C)Oc2ccc(N)nc2N(CC(=O)c2cc3ccccc3o2)C1=O. The van der Waals surface area contributed by atoms with Crippen LogP contribution >= 0.6 is 0 Å². The normalized spacial score (nSPS) is 15.6. The van der Waals surface area contributed by atoms with Gasteiger partial charge in [0.05, 0.1) is 6.54 Å². The second kappa shape index (κ2) is 5.59. The van der Waals surface area contributed by atoms with Gasteiger partial charge in [-0.05, 0) is 38.1 Å². The Bertz CT molecular complexity index is 1010. The van der Waals surface area contributed by atoms with Crippen LogP contribution in [0.1, 0.15) is 24.4 Å². The van der Waals surface area contributed by atoms with E-state index in [4.69, 9.17) is 14.9 Å². The summed E-state index contributed by atoms with van der Waals surface area (Å²) >= 11 is 0. The molecule has 132 valence electrons. The number of fused-ring (bicyclic) bond motifs is 2. The van der Waals surface area contributed by atoms with Crippen LogP contribution in [0.15, 0.2) is 46.9 Å². The number of rotatable bonds is 3. The first-order valence-corrected chi connectivity index (χ1v) is 8.14. The predicted molar refractivity (Wildman–Crippen MR) is 96.3 cm³/mol. The summed E-state index contributed by atoms with van der Waals surface area (Å²) in [5, 5.41) is 0.826. The van der Waals surface area contributed by atoms with Crippen molar-refractivity contribution in [2.75, 3.05) is 17.2 Å². The van der Waals surface area contributed by atoms with Crippen LogP contribution in [0.4, 0.5) is 11.6 Å². The first-order chi connectivity index (χ1) is 12.3. The molecule has 0 saturated heterocycles. The molecule has 3 heterocycles. The molecule has 0 fully saturated rings. The van der Waals surface area contributed by atoms with Gasteiger partial charge < -0.3 is 14.9 Å². The predicted octanol–water partition coefficient (Wildman–Crippen LogP) is 2.80. The third kappa shape index (κ3) is 2.57. The second-order valence-corrected chi connectivity index (χ2v) is 6.63. The summed E-state index contributed by atoms with van der Waals surface area (Å²) in [4.78, 5) is 31.0. The number of Topliss-reactive ketones (excluding diaryl/α,β-unsaturated/α-hetero) is 1. The quantitative estimate of drug-likeness (QED) is 0.729. The number of amides is 1. The molecule has 0 atom stereocenters. The van der Waals surface area contributed by atoms with E-state index >= 15 is 0 Å². The second-order valence-electron chi connectivity index (χ2n) is 6.63. The molecule has 1 aliphatic heterocycles. The number of aromatic nitrogens is 1. The average Bonchev–Trinajstić information content (AvgIpc) is 3.04. The summed E-state index contributed by atoms with van der Waals surface area (Å²) in [6, 6.07) is 12.2. The molecule has 0 unspecified atom stereocenters. The van der Waals surface area contributed by atoms with Crippen LogP contribution in [0.5, 0.6) is 5.75 Å². The fraction of sp³-hybridized carbons (Fsp3) is 0.211. The fourth-order valence-electron chi connectivity index (χ4n) is 2.95. The summed E-state index contributed by atoms with van der Waals surface area (Å²) in [6.45, 7) is 3.08. The van der Waals surface area contributed by atoms with E-state index in [0.717, 1.165) is 5.39 Å². The van der Waals surface area contributed by atoms with Crippen LogP contribution < -0.4 is 15.4 Å². The van der Waals surface area contributed by atoms with E-state index in [2.05, 4.69) is 4.98 Å². The lowest BCUT2D eigenvalue weighted by Crippen LogP contribution is -2.54. The Kier molecular flexibility index (Phi) is 3.47. The Morgan fingerprint density at radius 2 is 2.00 bits per heavy atom. The molecule has 26 heavy (non-hydrogen) atoms. The highest BCUT2D eigenvalue weighted by Crippen LogP contribution is 2.37. The van der Waals surface area contributed by atoms with Gasteiger partial charge >= 0.3 is 0 Å². The number of nitrogens with two attached hydrogens (primary N) is 1. The smallest absolute Gasteiger partial charge is 0.272 e. The maximum absolute atomic E-state index is 12.8. The maximum atomic E-state index is 12.8. The minimum atomic E-state index is -1.11. The van der Waals surface area contributed by atoms with Crippen molar-refractivity contribution in [3.8, 4) is 5.75 Å². The summed E-state index contributed by atoms with van der Waals surface area (Å²) in [5.41, 5.74) is 5.25. The van der Waals surface area contributed by atoms with E-state index in [-0.39, 0.29) is 35.6 Å². The highest BCUT2D eigenvalue weighted by atomic mass is 16.5. The zero-order valence-corrected chi connectivity index (χ0v) is 14.4. The van der Waals surface area contributed by atoms with Crippen molar-refractivity contribution in [3.05, 3.63) is 48.2 Å². The average molecular weight is 351 g/mol. The topological polar surface area (TPSA) is 98.7 Å². The summed E-state index contributed by atoms with van der Waals surface area (Å²) in [6.07, 6.45) is 0. The number of carbonyl (C=O) groups excluding carboxylic acids is 2. The van der Waals surface area contributed by atoms with E-state index in [1.54, 1.807) is 38.1 Å². The highest BCUT2D eigenvalue weighted by molar-refractivity contribution is 6.09. The molecule has 7 heteroatoms. The van der Waals surface area contributed by atoms with Crippen LogP contribution in [-0.4, -0.2) is 28.8 Å². The zero-order valence-electron chi connectivity index (χ0n) is 14.4. The van der Waals surface area contributed by atoms with Crippen LogP contribution in [0.3, 0.4) is 0 Å². The number of hydrogen-bond acceptors (Lipinski definition) is 6. The number of hydrogen-bond donors (Lipinski definition) is 1. The monoisotopic (exact) mass is 351 g/mol. The molecule has 2 N–H and O–H groups in total. The molecule has 0 radical (unpaired) electrons. The van der Waals surface area contributed by atoms with Gasteiger partial charge in [0.15, 0.2) is 22.9 Å². The van der Waals surface area contributed by atoms with Crippen molar-refractivity contribution in [1.29, 1.82) is 0 Å². The number of ketones is 1. The molecule has 0 aliphatic carbocycles. The van der Waals surface area contributed by atoms with Crippen molar-refractivity contribution in [2.45, 2.75) is 19.4 Å². The molecule has 3 aromatic rings. The van der Waals surface area contributed by atoms with E-state index in [1.807, 2.05) is 18.2 Å². The Morgan fingerprint density at radius 3 is 2.77 bits per heavy atom. The number of carbonyl (C=O) groups is 2. The summed E-state index contributed by atoms with van der Waals surface area (Å²) in [7, 11) is 0. The third-order valence-corrected chi connectivity index (χ3v) is 4.24. The summed E-state index contributed by atoms with van der Waals surface area (Å²) in [5.74, 6) is 0.366. The van der Waals surface area contributed by atoms with Crippen LogP contribution in [0, 0.1) is 0 Å². The van der Waals surface area contributed by atoms with Gasteiger partial charge in [-0.1, -0.05) is 18.2 Å². The molecule has 0 bridgehead atoms. The van der Waals surface area contributed by atoms with Gasteiger partial charge in [-0.2, -0.15) is 0 Å². The molecule has 1 aromatic carbocycles. The van der Waals surface area contributed by atoms with Crippen molar-refractivity contribution in [2.24, 2.45) is 0 Å². The number of nitrogen functional groups attached to an aromatic ring is 1. The number of anilines is 2. The lowest BCUT2D eigenvalue weighted by molar-refractivity contribution is -0.132. The first kappa shape index (κ1) is 16.1. The number of benzene rings is 1. The zero-order chi connectivity index (χ0) is 18.5. The van der Waals surface area contributed by atoms with E-state index in [9.17, 15) is 9.59 Å². The molecular formula is C19H17N3O4. The van der Waals surface area contributed by atoms with Crippen molar-refractivity contribution < 1.29 is 18.7 Å². The van der Waals surface area contributed by atoms with E-state index in [0.29, 0.717) is 11.3 Å². The van der Waals surface area contributed by atoms with E-state index in [1.165, 1.54) is 4.90 Å². The van der Waals surface area contributed by atoms with E-state index < -0.39 is 5.60 Å². The number of pyridine rings is 1. The summed E-state index contributed by atoms with van der Waals surface area (Å²) < 4.78 is 11.3. The number of para-hydroxylation sites is 1. The molecule has 4 rings (SSSR count). The van der Waals surface area contributed by atoms with Gasteiger partial charge in [-0.15, -0.1) is 0 Å². The fourth-order valence-corrected chi connectivity index (χ4v) is 2.95. The van der Waals surface area contributed by atoms with Gasteiger partial charge in [-0.3, -0.25) is 14.5 Å². The molecular weight excluding hydrogens is 334 g/mol. The Labute approximate surface area is 149 Å². The molecule has 1 aliphatic rings. The number of nitrogens with zero attached hydrogens (tertiary/aromatic N) is 2. The van der Waals surface area contributed by atoms with Crippen molar-refractivity contribution in [1.82, 2.24) is 4.98 Å². The lowest BCUT2D eigenvalue weighted by Gasteiger charge is -2.37. The highest BCUT2D eigenvalue weighted by Gasteiger charge is 2.42. The molecule has 0 spiro atoms. The van der Waals surface area contributed by atoms with Gasteiger partial charge in [0.25, 0.3) is 5.91 Å².